The molecular weight excluding hydrogens is 330 g/mol. The maximum Gasteiger partial charge on any atom is 0.282 e. The number of anilines is 1. The highest BCUT2D eigenvalue weighted by molar-refractivity contribution is 7.13. The third kappa shape index (κ3) is 3.64. The van der Waals surface area contributed by atoms with Crippen molar-refractivity contribution in [3.05, 3.63) is 45.4 Å². The van der Waals surface area contributed by atoms with Crippen LogP contribution in [0.2, 0.25) is 0 Å². The van der Waals surface area contributed by atoms with Crippen LogP contribution < -0.4 is 5.32 Å². The molecule has 1 N–H and O–H groups in total. The molecule has 0 unspecified atom stereocenters. The van der Waals surface area contributed by atoms with Gasteiger partial charge in [0.15, 0.2) is 0 Å². The normalized spacial score (nSPS) is 15.7. The number of thiazole rings is 1. The van der Waals surface area contributed by atoms with E-state index in [1.54, 1.807) is 6.92 Å². The van der Waals surface area contributed by atoms with Gasteiger partial charge >= 0.3 is 0 Å². The van der Waals surface area contributed by atoms with Crippen LogP contribution in [0, 0.1) is 6.92 Å². The van der Waals surface area contributed by atoms with E-state index in [1.165, 1.54) is 19.3 Å². The molecule has 0 aliphatic heterocycles. The third-order valence-electron chi connectivity index (χ3n) is 4.43. The lowest BCUT2D eigenvalue weighted by Crippen LogP contribution is -2.15. The van der Waals surface area contributed by atoms with E-state index in [9.17, 15) is 13.6 Å². The van der Waals surface area contributed by atoms with Gasteiger partial charge in [-0.25, -0.2) is 13.8 Å². The molecule has 1 aliphatic carbocycles. The summed E-state index contributed by atoms with van der Waals surface area (Å²) in [6.07, 6.45) is 3.10. The number of alkyl halides is 2. The Balaban J connectivity index is 1.85. The molecule has 0 radical (unpaired) electrons. The summed E-state index contributed by atoms with van der Waals surface area (Å²) in [5, 5.41) is 3.30. The van der Waals surface area contributed by atoms with Gasteiger partial charge in [-0.3, -0.25) is 4.79 Å². The van der Waals surface area contributed by atoms with Crippen LogP contribution in [0.5, 0.6) is 0 Å². The van der Waals surface area contributed by atoms with E-state index in [2.05, 4.69) is 10.3 Å². The van der Waals surface area contributed by atoms with E-state index >= 15 is 0 Å². The second-order valence-corrected chi connectivity index (χ2v) is 7.33. The number of aryl methyl sites for hydroxylation is 1. The monoisotopic (exact) mass is 350 g/mol. The van der Waals surface area contributed by atoms with Gasteiger partial charge in [0.25, 0.3) is 12.3 Å². The molecule has 6 heteroatoms. The molecule has 0 spiro atoms. The zero-order chi connectivity index (χ0) is 17.1. The summed E-state index contributed by atoms with van der Waals surface area (Å²) < 4.78 is 26.1. The molecule has 3 nitrogen and oxygen atoms in total. The number of benzene rings is 1. The molecule has 1 amide bonds. The lowest BCUT2D eigenvalue weighted by Gasteiger charge is -2.24. The summed E-state index contributed by atoms with van der Waals surface area (Å²) in [4.78, 5) is 16.3. The first-order chi connectivity index (χ1) is 11.6. The van der Waals surface area contributed by atoms with Crippen molar-refractivity contribution in [3.8, 4) is 0 Å². The SMILES string of the molecule is Cc1nc(C(F)F)c(C(=O)Nc2ccccc2C2CCCCC2)s1. The van der Waals surface area contributed by atoms with Crippen LogP contribution in [-0.2, 0) is 0 Å². The Hall–Kier alpha value is -1.82. The minimum Gasteiger partial charge on any atom is -0.321 e. The van der Waals surface area contributed by atoms with Crippen molar-refractivity contribution >= 4 is 22.9 Å². The summed E-state index contributed by atoms with van der Waals surface area (Å²) >= 11 is 1.01. The topological polar surface area (TPSA) is 42.0 Å². The first-order valence-electron chi connectivity index (χ1n) is 8.22. The molecule has 1 aromatic carbocycles. The van der Waals surface area contributed by atoms with Gasteiger partial charge in [0.2, 0.25) is 0 Å². The Morgan fingerprint density at radius 2 is 1.96 bits per heavy atom. The van der Waals surface area contributed by atoms with Crippen molar-refractivity contribution in [1.82, 2.24) is 4.98 Å². The van der Waals surface area contributed by atoms with Gasteiger partial charge < -0.3 is 5.32 Å². The zero-order valence-electron chi connectivity index (χ0n) is 13.5. The van der Waals surface area contributed by atoms with Crippen LogP contribution in [0.1, 0.15) is 70.4 Å². The van der Waals surface area contributed by atoms with Crippen LogP contribution in [-0.4, -0.2) is 10.9 Å². The van der Waals surface area contributed by atoms with E-state index in [0.717, 1.165) is 35.4 Å². The lowest BCUT2D eigenvalue weighted by molar-refractivity contribution is 0.101. The van der Waals surface area contributed by atoms with Crippen LogP contribution in [0.3, 0.4) is 0 Å². The highest BCUT2D eigenvalue weighted by Crippen LogP contribution is 2.37. The molecule has 24 heavy (non-hydrogen) atoms. The second-order valence-electron chi connectivity index (χ2n) is 6.12. The highest BCUT2D eigenvalue weighted by Gasteiger charge is 2.25. The van der Waals surface area contributed by atoms with Crippen molar-refractivity contribution in [1.29, 1.82) is 0 Å². The maximum atomic E-state index is 13.1. The molecule has 128 valence electrons. The van der Waals surface area contributed by atoms with E-state index in [0.29, 0.717) is 10.9 Å². The number of carbonyl (C=O) groups excluding carboxylic acids is 1. The molecule has 1 fully saturated rings. The number of hydrogen-bond donors (Lipinski definition) is 1. The van der Waals surface area contributed by atoms with Gasteiger partial charge in [0.1, 0.15) is 10.6 Å². The summed E-state index contributed by atoms with van der Waals surface area (Å²) in [7, 11) is 0. The minimum absolute atomic E-state index is 0.000877. The zero-order valence-corrected chi connectivity index (χ0v) is 14.3. The van der Waals surface area contributed by atoms with Crippen molar-refractivity contribution in [2.45, 2.75) is 51.4 Å². The molecule has 1 heterocycles. The molecule has 0 saturated heterocycles. The Morgan fingerprint density at radius 1 is 1.25 bits per heavy atom. The Bertz CT molecular complexity index is 724. The summed E-state index contributed by atoms with van der Waals surface area (Å²) in [6.45, 7) is 1.63. The van der Waals surface area contributed by atoms with Gasteiger partial charge in [-0.2, -0.15) is 0 Å². The molecule has 0 bridgehead atoms. The van der Waals surface area contributed by atoms with Gasteiger partial charge in [0.05, 0.1) is 5.01 Å². The van der Waals surface area contributed by atoms with Gasteiger partial charge in [-0.15, -0.1) is 11.3 Å². The Morgan fingerprint density at radius 3 is 2.67 bits per heavy atom. The highest BCUT2D eigenvalue weighted by atomic mass is 32.1. The Kier molecular flexibility index (Phi) is 5.23. The second kappa shape index (κ2) is 7.38. The fourth-order valence-electron chi connectivity index (χ4n) is 3.31. The number of nitrogens with one attached hydrogen (secondary N) is 1. The fourth-order valence-corrected chi connectivity index (χ4v) is 4.14. The molecule has 1 aromatic heterocycles. The van der Waals surface area contributed by atoms with Crippen LogP contribution >= 0.6 is 11.3 Å². The first-order valence-corrected chi connectivity index (χ1v) is 9.03. The number of para-hydroxylation sites is 1. The van der Waals surface area contributed by atoms with Gasteiger partial charge in [-0.1, -0.05) is 37.5 Å². The number of amides is 1. The molecule has 3 rings (SSSR count). The number of nitrogens with zero attached hydrogens (tertiary/aromatic N) is 1. The van der Waals surface area contributed by atoms with Crippen molar-refractivity contribution in [2.24, 2.45) is 0 Å². The van der Waals surface area contributed by atoms with Crippen molar-refractivity contribution in [3.63, 3.8) is 0 Å². The smallest absolute Gasteiger partial charge is 0.282 e. The van der Waals surface area contributed by atoms with Crippen LogP contribution in [0.25, 0.3) is 0 Å². The number of hydrogen-bond acceptors (Lipinski definition) is 3. The average Bonchev–Trinajstić information content (AvgIpc) is 2.98. The number of carbonyl (C=O) groups is 1. The maximum absolute atomic E-state index is 13.1. The van der Waals surface area contributed by atoms with Gasteiger partial charge in [0, 0.05) is 5.69 Å². The number of halogens is 2. The Labute approximate surface area is 144 Å². The fraction of sp³-hybridized carbons (Fsp3) is 0.444. The average molecular weight is 350 g/mol. The van der Waals surface area contributed by atoms with E-state index < -0.39 is 18.0 Å². The van der Waals surface area contributed by atoms with E-state index in [4.69, 9.17) is 0 Å². The summed E-state index contributed by atoms with van der Waals surface area (Å²) in [5.74, 6) is -0.0767. The molecule has 1 saturated carbocycles. The number of rotatable bonds is 4. The third-order valence-corrected chi connectivity index (χ3v) is 5.41. The first kappa shape index (κ1) is 17.0. The van der Waals surface area contributed by atoms with E-state index in [-0.39, 0.29) is 4.88 Å². The summed E-state index contributed by atoms with van der Waals surface area (Å²) in [5.41, 5.74) is 1.40. The predicted octanol–water partition coefficient (Wildman–Crippen LogP) is 5.69. The van der Waals surface area contributed by atoms with Crippen LogP contribution in [0.15, 0.2) is 24.3 Å². The van der Waals surface area contributed by atoms with Crippen LogP contribution in [0.4, 0.5) is 14.5 Å². The van der Waals surface area contributed by atoms with E-state index in [1.807, 2.05) is 24.3 Å². The van der Waals surface area contributed by atoms with Crippen molar-refractivity contribution < 1.29 is 13.6 Å². The summed E-state index contributed by atoms with van der Waals surface area (Å²) in [6, 6.07) is 7.68. The molecule has 1 aliphatic rings. The van der Waals surface area contributed by atoms with Gasteiger partial charge in [-0.05, 0) is 37.3 Å². The molecule has 0 atom stereocenters. The number of aromatic nitrogens is 1. The standard InChI is InChI=1S/C18H20F2N2OS/c1-11-21-15(17(19)20)16(24-11)18(23)22-14-10-6-5-9-13(14)12-7-3-2-4-8-12/h5-6,9-10,12,17H,2-4,7-8H2,1H3,(H,22,23). The quantitative estimate of drug-likeness (QED) is 0.770. The minimum atomic E-state index is -2.75. The van der Waals surface area contributed by atoms with Crippen molar-refractivity contribution in [2.75, 3.05) is 5.32 Å². The predicted molar refractivity (Wildman–Crippen MR) is 92.0 cm³/mol. The molecular formula is C18H20F2N2OS. The molecule has 2 aromatic rings. The lowest BCUT2D eigenvalue weighted by atomic mass is 9.83. The largest absolute Gasteiger partial charge is 0.321 e.